The van der Waals surface area contributed by atoms with Crippen molar-refractivity contribution in [3.8, 4) is 5.75 Å². The Morgan fingerprint density at radius 1 is 1.05 bits per heavy atom. The molecular weight excluding hydrogens is 594 g/mol. The van der Waals surface area contributed by atoms with E-state index >= 15 is 0 Å². The van der Waals surface area contributed by atoms with Crippen molar-refractivity contribution < 1.29 is 18.7 Å². The van der Waals surface area contributed by atoms with Crippen molar-refractivity contribution in [2.75, 3.05) is 32.6 Å². The number of nitrogens with one attached hydrogen (secondary N) is 1. The van der Waals surface area contributed by atoms with Gasteiger partial charge in [0.05, 0.1) is 23.8 Å². The van der Waals surface area contributed by atoms with Crippen LogP contribution in [-0.2, 0) is 4.74 Å². The molecule has 1 amide bonds. The van der Waals surface area contributed by atoms with Gasteiger partial charge in [0.1, 0.15) is 11.6 Å². The number of halogens is 3. The Morgan fingerprint density at radius 3 is 2.17 bits per heavy atom. The van der Waals surface area contributed by atoms with Gasteiger partial charge in [-0.3, -0.25) is 14.4 Å². The summed E-state index contributed by atoms with van der Waals surface area (Å²) in [6.45, 7) is 16.4. The molecule has 5 nitrogen and oxygen atoms in total. The van der Waals surface area contributed by atoms with Crippen LogP contribution in [0.5, 0.6) is 5.75 Å². The Hall–Kier alpha value is -1.51. The third kappa shape index (κ3) is 10.0. The number of nitrogens with zero attached hydrogens (tertiary/aromatic N) is 1. The minimum atomic E-state index is -0.543. The summed E-state index contributed by atoms with van der Waals surface area (Å²) in [4.78, 5) is 14.8. The number of carbonyl (C=O) groups excluding carboxylic acids is 1. The first-order valence-electron chi connectivity index (χ1n) is 15.3. The molecule has 0 bridgehead atoms. The van der Waals surface area contributed by atoms with Crippen LogP contribution in [0.3, 0.4) is 0 Å². The Labute approximate surface area is 267 Å². The molecule has 0 radical (unpaired) electrons. The van der Waals surface area contributed by atoms with Gasteiger partial charge in [-0.05, 0) is 99.8 Å². The van der Waals surface area contributed by atoms with E-state index < -0.39 is 17.3 Å². The predicted octanol–water partition coefficient (Wildman–Crippen LogP) is 9.72. The lowest BCUT2D eigenvalue weighted by molar-refractivity contribution is -0.0644. The minimum absolute atomic E-state index is 0.00862. The summed E-state index contributed by atoms with van der Waals surface area (Å²) in [5, 5.41) is 1.22. The average Bonchev–Trinajstić information content (AvgIpc) is 3.83. The zero-order chi connectivity index (χ0) is 31.4. The molecule has 9 heteroatoms. The molecule has 1 unspecified atom stereocenters. The topological polar surface area (TPSA) is 50.8 Å². The van der Waals surface area contributed by atoms with Crippen molar-refractivity contribution in [2.24, 2.45) is 5.92 Å². The highest BCUT2D eigenvalue weighted by molar-refractivity contribution is 7.97. The molecule has 42 heavy (non-hydrogen) atoms. The van der Waals surface area contributed by atoms with Gasteiger partial charge in [0.15, 0.2) is 0 Å². The fraction of sp³-hybridized carbons (Fsp3) is 0.606. The fourth-order valence-corrected chi connectivity index (χ4v) is 6.19. The van der Waals surface area contributed by atoms with Gasteiger partial charge in [0, 0.05) is 29.0 Å². The molecule has 2 aromatic carbocycles. The van der Waals surface area contributed by atoms with Crippen molar-refractivity contribution in [3.05, 3.63) is 62.9 Å². The highest BCUT2D eigenvalue weighted by atomic mass is 35.5. The van der Waals surface area contributed by atoms with Gasteiger partial charge in [0.25, 0.3) is 5.91 Å². The molecule has 0 spiro atoms. The third-order valence-electron chi connectivity index (χ3n) is 7.54. The van der Waals surface area contributed by atoms with Crippen molar-refractivity contribution in [2.45, 2.75) is 91.7 Å². The number of hydrogen-bond donors (Lipinski definition) is 1. The Kier molecular flexibility index (Phi) is 15.5. The molecule has 2 aromatic rings. The summed E-state index contributed by atoms with van der Waals surface area (Å²) in [5.74, 6) is 1.03. The molecule has 236 valence electrons. The first-order valence-corrected chi connectivity index (χ1v) is 17.0. The number of hydrogen-bond acceptors (Lipinski definition) is 5. The van der Waals surface area contributed by atoms with Crippen LogP contribution in [-0.4, -0.2) is 49.0 Å². The van der Waals surface area contributed by atoms with Gasteiger partial charge in [0.2, 0.25) is 0 Å². The van der Waals surface area contributed by atoms with Crippen molar-refractivity contribution in [1.82, 2.24) is 9.62 Å². The smallest absolute Gasteiger partial charge is 0.264 e. The molecule has 1 aliphatic carbocycles. The van der Waals surface area contributed by atoms with Crippen LogP contribution in [0.2, 0.25) is 10.0 Å². The molecule has 1 saturated heterocycles. The highest BCUT2D eigenvalue weighted by Crippen LogP contribution is 2.45. The summed E-state index contributed by atoms with van der Waals surface area (Å²) in [6.07, 6.45) is 3.96. The van der Waals surface area contributed by atoms with E-state index in [4.69, 9.17) is 32.7 Å². The van der Waals surface area contributed by atoms with E-state index in [2.05, 4.69) is 23.5 Å². The van der Waals surface area contributed by atoms with E-state index in [0.29, 0.717) is 34.2 Å². The summed E-state index contributed by atoms with van der Waals surface area (Å²) in [6, 6.07) is 8.75. The minimum Gasteiger partial charge on any atom is -0.493 e. The molecule has 4 rings (SSSR count). The number of ether oxygens (including phenoxy) is 2. The molecule has 0 aromatic heterocycles. The SMILES string of the molecule is CC.CC.CCSNC(=O)c1cc(C2CC2)c(OCC2CCN(C(c3cc(Cl)cc(Cl)c3)C(C)(C)OC)CC2)cc1F. The third-order valence-corrected chi connectivity index (χ3v) is 8.60. The highest BCUT2D eigenvalue weighted by Gasteiger charge is 2.38. The zero-order valence-electron chi connectivity index (χ0n) is 26.5. The molecule has 1 saturated carbocycles. The second-order valence-corrected chi connectivity index (χ2v) is 12.7. The zero-order valence-corrected chi connectivity index (χ0v) is 28.8. The maximum Gasteiger partial charge on any atom is 0.264 e. The second-order valence-electron chi connectivity index (χ2n) is 10.7. The average molecular weight is 644 g/mol. The maximum atomic E-state index is 14.9. The van der Waals surface area contributed by atoms with Crippen molar-refractivity contribution in [1.29, 1.82) is 0 Å². The quantitative estimate of drug-likeness (QED) is 0.247. The summed E-state index contributed by atoms with van der Waals surface area (Å²) >= 11 is 13.9. The number of piperidine rings is 1. The standard InChI is InChI=1S/C29H37Cl2FN2O3S.2C2H6/c1-5-38-33-28(35)24-15-23(19-6-7-19)26(16-25(24)32)37-17-18-8-10-34(11-9-18)27(29(2,3)36-4)20-12-21(30)14-22(31)13-20;2*1-2/h12-16,18-19,27H,5-11,17H2,1-4H3,(H,33,35);2*1-2H3. The van der Waals surface area contributed by atoms with Crippen LogP contribution in [0.25, 0.3) is 0 Å². The number of likely N-dealkylation sites (tertiary alicyclic amines) is 1. The van der Waals surface area contributed by atoms with Gasteiger partial charge in [-0.2, -0.15) is 0 Å². The van der Waals surface area contributed by atoms with Crippen LogP contribution in [0.4, 0.5) is 4.39 Å². The largest absolute Gasteiger partial charge is 0.493 e. The summed E-state index contributed by atoms with van der Waals surface area (Å²) < 4.78 is 29.7. The van der Waals surface area contributed by atoms with Gasteiger partial charge in [-0.15, -0.1) is 0 Å². The normalized spacial score (nSPS) is 16.5. The van der Waals surface area contributed by atoms with E-state index in [9.17, 15) is 9.18 Å². The molecule has 1 heterocycles. The van der Waals surface area contributed by atoms with E-state index in [1.807, 2.05) is 46.8 Å². The van der Waals surface area contributed by atoms with Crippen LogP contribution >= 0.6 is 35.1 Å². The summed E-state index contributed by atoms with van der Waals surface area (Å²) in [5.41, 5.74) is 1.62. The monoisotopic (exact) mass is 642 g/mol. The van der Waals surface area contributed by atoms with Crippen LogP contribution in [0.1, 0.15) is 108 Å². The van der Waals surface area contributed by atoms with E-state index in [1.165, 1.54) is 18.0 Å². The second kappa shape index (κ2) is 17.7. The maximum absolute atomic E-state index is 14.9. The molecule has 2 fully saturated rings. The number of amides is 1. The molecular formula is C33H49Cl2FN2O3S. The predicted molar refractivity (Wildman–Crippen MR) is 177 cm³/mol. The van der Waals surface area contributed by atoms with Crippen molar-refractivity contribution >= 4 is 41.1 Å². The lowest BCUT2D eigenvalue weighted by Crippen LogP contribution is -2.47. The van der Waals surface area contributed by atoms with E-state index in [1.54, 1.807) is 19.2 Å². The lowest BCUT2D eigenvalue weighted by atomic mass is 9.87. The lowest BCUT2D eigenvalue weighted by Gasteiger charge is -2.44. The molecule has 1 aliphatic heterocycles. The Balaban J connectivity index is 0.00000148. The van der Waals surface area contributed by atoms with Gasteiger partial charge in [-0.25, -0.2) is 4.39 Å². The van der Waals surface area contributed by atoms with Gasteiger partial charge < -0.3 is 9.47 Å². The Morgan fingerprint density at radius 2 is 1.64 bits per heavy atom. The number of benzene rings is 2. The van der Waals surface area contributed by atoms with Gasteiger partial charge in [-0.1, -0.05) is 69.8 Å². The van der Waals surface area contributed by atoms with Crippen molar-refractivity contribution in [3.63, 3.8) is 0 Å². The van der Waals surface area contributed by atoms with E-state index in [0.717, 1.165) is 55.7 Å². The fourth-order valence-electron chi connectivity index (χ4n) is 5.26. The molecule has 1 atom stereocenters. The first-order chi connectivity index (χ1) is 20.1. The van der Waals surface area contributed by atoms with Crippen LogP contribution < -0.4 is 9.46 Å². The van der Waals surface area contributed by atoms with E-state index in [-0.39, 0.29) is 11.6 Å². The number of methoxy groups -OCH3 is 1. The molecule has 1 N–H and O–H groups in total. The summed E-state index contributed by atoms with van der Waals surface area (Å²) in [7, 11) is 1.73. The van der Waals surface area contributed by atoms with Crippen LogP contribution in [0.15, 0.2) is 30.3 Å². The Bertz CT molecular complexity index is 1120. The van der Waals surface area contributed by atoms with Crippen LogP contribution in [0, 0.1) is 11.7 Å². The number of rotatable bonds is 11. The first kappa shape index (κ1) is 36.7. The van der Waals surface area contributed by atoms with Gasteiger partial charge >= 0.3 is 0 Å². The number of carbonyl (C=O) groups is 1. The molecule has 2 aliphatic rings.